The van der Waals surface area contributed by atoms with Gasteiger partial charge in [-0.1, -0.05) is 48.5 Å². The minimum atomic E-state index is -0.987. The third-order valence-corrected chi connectivity index (χ3v) is 6.85. The van der Waals surface area contributed by atoms with Crippen molar-refractivity contribution in [2.24, 2.45) is 0 Å². The summed E-state index contributed by atoms with van der Waals surface area (Å²) in [5.74, 6) is -1.31. The maximum atomic E-state index is 13.4. The van der Waals surface area contributed by atoms with Crippen molar-refractivity contribution >= 4 is 39.1 Å². The second kappa shape index (κ2) is 7.96. The summed E-state index contributed by atoms with van der Waals surface area (Å²) in [6, 6.07) is 19.0. The Morgan fingerprint density at radius 1 is 0.968 bits per heavy atom. The van der Waals surface area contributed by atoms with Crippen LogP contribution in [-0.2, 0) is 12.8 Å². The van der Waals surface area contributed by atoms with Crippen LogP contribution in [0.25, 0.3) is 22.2 Å². The number of aryl methyl sites for hydroxylation is 1. The predicted molar refractivity (Wildman–Crippen MR) is 123 cm³/mol. The molecule has 0 saturated carbocycles. The van der Waals surface area contributed by atoms with Crippen molar-refractivity contribution in [3.8, 4) is 11.3 Å². The highest BCUT2D eigenvalue weighted by Crippen LogP contribution is 2.38. The lowest BCUT2D eigenvalue weighted by molar-refractivity contribution is 0.0697. The van der Waals surface area contributed by atoms with Gasteiger partial charge in [-0.3, -0.25) is 4.79 Å². The van der Waals surface area contributed by atoms with Gasteiger partial charge in [-0.05, 0) is 43.4 Å². The van der Waals surface area contributed by atoms with Crippen LogP contribution >= 0.6 is 11.3 Å². The quantitative estimate of drug-likeness (QED) is 0.431. The number of thiophene rings is 1. The molecule has 2 aromatic carbocycles. The first-order chi connectivity index (χ1) is 15.1. The number of anilines is 1. The van der Waals surface area contributed by atoms with Crippen LogP contribution in [0.3, 0.4) is 0 Å². The van der Waals surface area contributed by atoms with Gasteiger partial charge in [0.15, 0.2) is 0 Å². The first kappa shape index (κ1) is 19.5. The molecular weight excluding hydrogens is 408 g/mol. The monoisotopic (exact) mass is 428 g/mol. The van der Waals surface area contributed by atoms with E-state index in [-0.39, 0.29) is 11.5 Å². The number of nitrogens with one attached hydrogen (secondary N) is 1. The molecule has 5 nitrogen and oxygen atoms in total. The minimum absolute atomic E-state index is 0.245. The van der Waals surface area contributed by atoms with Crippen LogP contribution in [0.2, 0.25) is 0 Å². The third kappa shape index (κ3) is 3.59. The predicted octanol–water partition coefficient (Wildman–Crippen LogP) is 5.79. The number of carbonyl (C=O) groups is 2. The van der Waals surface area contributed by atoms with Crippen LogP contribution in [0.4, 0.5) is 5.00 Å². The Labute approximate surface area is 183 Å². The van der Waals surface area contributed by atoms with Gasteiger partial charge in [0.05, 0.1) is 22.3 Å². The van der Waals surface area contributed by atoms with Gasteiger partial charge in [-0.25, -0.2) is 9.78 Å². The van der Waals surface area contributed by atoms with Crippen molar-refractivity contribution in [2.75, 3.05) is 5.32 Å². The standard InChI is InChI=1S/C25H20N2O3S/c28-23(27-24-22(25(29)30)17-11-5-7-13-21(17)31-24)18-14-20(15-8-2-1-3-9-15)26-19-12-6-4-10-16(18)19/h1-4,6,8-10,12,14H,5,7,11,13H2,(H,27,28)(H,29,30). The zero-order valence-corrected chi connectivity index (χ0v) is 17.5. The molecule has 0 saturated heterocycles. The fourth-order valence-corrected chi connectivity index (χ4v) is 5.45. The number of nitrogens with zero attached hydrogens (tertiary/aromatic N) is 1. The SMILES string of the molecule is O=C(O)c1c(NC(=O)c2cc(-c3ccccc3)nc3ccccc23)sc2c1CCCC2. The zero-order valence-electron chi connectivity index (χ0n) is 16.7. The van der Waals surface area contributed by atoms with E-state index in [9.17, 15) is 14.7 Å². The van der Waals surface area contributed by atoms with Crippen molar-refractivity contribution in [2.45, 2.75) is 25.7 Å². The average molecular weight is 429 g/mol. The number of carbonyl (C=O) groups excluding carboxylic acids is 1. The Hall–Kier alpha value is -3.51. The maximum Gasteiger partial charge on any atom is 0.339 e. The van der Waals surface area contributed by atoms with Gasteiger partial charge < -0.3 is 10.4 Å². The number of rotatable bonds is 4. The molecule has 1 aliphatic rings. The highest BCUT2D eigenvalue weighted by molar-refractivity contribution is 7.17. The van der Waals surface area contributed by atoms with Crippen molar-refractivity contribution in [3.63, 3.8) is 0 Å². The first-order valence-corrected chi connectivity index (χ1v) is 11.1. The number of fused-ring (bicyclic) bond motifs is 2. The summed E-state index contributed by atoms with van der Waals surface area (Å²) in [5, 5.41) is 13.9. The molecule has 0 aliphatic heterocycles. The Bertz CT molecular complexity index is 1310. The number of aromatic nitrogens is 1. The summed E-state index contributed by atoms with van der Waals surface area (Å²) in [4.78, 5) is 31.1. The number of carboxylic acids is 1. The van der Waals surface area contributed by atoms with Crippen LogP contribution < -0.4 is 5.32 Å². The van der Waals surface area contributed by atoms with Gasteiger partial charge in [0.2, 0.25) is 0 Å². The highest BCUT2D eigenvalue weighted by atomic mass is 32.1. The Morgan fingerprint density at radius 3 is 2.52 bits per heavy atom. The number of hydrogen-bond donors (Lipinski definition) is 2. The van der Waals surface area contributed by atoms with E-state index >= 15 is 0 Å². The van der Waals surface area contributed by atoms with Crippen LogP contribution in [-0.4, -0.2) is 22.0 Å². The molecule has 0 fully saturated rings. The van der Waals surface area contributed by atoms with Gasteiger partial charge >= 0.3 is 5.97 Å². The minimum Gasteiger partial charge on any atom is -0.478 e. The molecule has 1 aliphatic carbocycles. The lowest BCUT2D eigenvalue weighted by atomic mass is 9.95. The van der Waals surface area contributed by atoms with Gasteiger partial charge in [-0.2, -0.15) is 0 Å². The van der Waals surface area contributed by atoms with Crippen molar-refractivity contribution < 1.29 is 14.7 Å². The van der Waals surface area contributed by atoms with E-state index in [1.807, 2.05) is 54.6 Å². The van der Waals surface area contributed by atoms with E-state index < -0.39 is 5.97 Å². The van der Waals surface area contributed by atoms with Crippen LogP contribution in [0.15, 0.2) is 60.7 Å². The second-order valence-electron chi connectivity index (χ2n) is 7.61. The molecule has 0 unspecified atom stereocenters. The molecule has 6 heteroatoms. The number of amides is 1. The average Bonchev–Trinajstić information content (AvgIpc) is 3.17. The Morgan fingerprint density at radius 2 is 1.71 bits per heavy atom. The van der Waals surface area contributed by atoms with Crippen molar-refractivity contribution in [1.29, 1.82) is 0 Å². The summed E-state index contributed by atoms with van der Waals surface area (Å²) in [6.07, 6.45) is 3.65. The fourth-order valence-electron chi connectivity index (χ4n) is 4.17. The Balaban J connectivity index is 1.59. The summed E-state index contributed by atoms with van der Waals surface area (Å²) in [5.41, 5.74) is 3.94. The van der Waals surface area contributed by atoms with E-state index in [0.29, 0.717) is 16.3 Å². The van der Waals surface area contributed by atoms with E-state index in [4.69, 9.17) is 4.98 Å². The molecule has 0 bridgehead atoms. The highest BCUT2D eigenvalue weighted by Gasteiger charge is 2.26. The largest absolute Gasteiger partial charge is 0.478 e. The number of carboxylic acid groups (broad SMARTS) is 1. The van der Waals surface area contributed by atoms with Crippen LogP contribution in [0.5, 0.6) is 0 Å². The lowest BCUT2D eigenvalue weighted by Crippen LogP contribution is -2.15. The normalized spacial score (nSPS) is 13.0. The van der Waals surface area contributed by atoms with E-state index in [1.165, 1.54) is 11.3 Å². The van der Waals surface area contributed by atoms with Crippen molar-refractivity contribution in [1.82, 2.24) is 4.98 Å². The van der Waals surface area contributed by atoms with Gasteiger partial charge in [-0.15, -0.1) is 11.3 Å². The number of aromatic carboxylic acids is 1. The molecule has 2 N–H and O–H groups in total. The van der Waals surface area contributed by atoms with Crippen LogP contribution in [0.1, 0.15) is 44.0 Å². The molecule has 4 aromatic rings. The molecule has 0 spiro atoms. The van der Waals surface area contributed by atoms with Crippen LogP contribution in [0, 0.1) is 0 Å². The van der Waals surface area contributed by atoms with Crippen molar-refractivity contribution in [3.05, 3.63) is 82.2 Å². The first-order valence-electron chi connectivity index (χ1n) is 10.3. The van der Waals surface area contributed by atoms with Gasteiger partial charge in [0.1, 0.15) is 5.00 Å². The number of hydrogen-bond acceptors (Lipinski definition) is 4. The van der Waals surface area contributed by atoms with E-state index in [0.717, 1.165) is 52.6 Å². The summed E-state index contributed by atoms with van der Waals surface area (Å²) in [6.45, 7) is 0. The Kier molecular flexibility index (Phi) is 5.00. The molecule has 2 aromatic heterocycles. The molecule has 2 heterocycles. The number of para-hydroxylation sites is 1. The fraction of sp³-hybridized carbons (Fsp3) is 0.160. The van der Waals surface area contributed by atoms with E-state index in [1.54, 1.807) is 6.07 Å². The summed E-state index contributed by atoms with van der Waals surface area (Å²) >= 11 is 1.39. The zero-order chi connectivity index (χ0) is 21.4. The maximum absolute atomic E-state index is 13.4. The van der Waals surface area contributed by atoms with Gasteiger partial charge in [0, 0.05) is 15.8 Å². The topological polar surface area (TPSA) is 79.3 Å². The molecule has 5 rings (SSSR count). The lowest BCUT2D eigenvalue weighted by Gasteiger charge is -2.11. The number of pyridine rings is 1. The molecular formula is C25H20N2O3S. The molecule has 154 valence electrons. The summed E-state index contributed by atoms with van der Waals surface area (Å²) < 4.78 is 0. The molecule has 1 amide bonds. The summed E-state index contributed by atoms with van der Waals surface area (Å²) in [7, 11) is 0. The smallest absolute Gasteiger partial charge is 0.339 e. The molecule has 0 atom stereocenters. The molecule has 0 radical (unpaired) electrons. The molecule has 31 heavy (non-hydrogen) atoms. The second-order valence-corrected chi connectivity index (χ2v) is 8.72. The van der Waals surface area contributed by atoms with Gasteiger partial charge in [0.25, 0.3) is 5.91 Å². The number of benzene rings is 2. The van der Waals surface area contributed by atoms with E-state index in [2.05, 4.69) is 5.32 Å². The third-order valence-electron chi connectivity index (χ3n) is 5.64.